The van der Waals surface area contributed by atoms with Crippen molar-refractivity contribution in [2.75, 3.05) is 0 Å². The van der Waals surface area contributed by atoms with Gasteiger partial charge in [-0.05, 0) is 6.92 Å². The Bertz CT molecular complexity index is 297. The minimum Gasteiger partial charge on any atom is -0.360 e. The number of rotatable bonds is 1. The smallest absolute Gasteiger partial charge is 0.182 e. The highest BCUT2D eigenvalue weighted by Crippen LogP contribution is 2.06. The fourth-order valence-electron chi connectivity index (χ4n) is 1.19. The van der Waals surface area contributed by atoms with E-state index in [4.69, 9.17) is 0 Å². The number of aryl methyl sites for hydroxylation is 1. The van der Waals surface area contributed by atoms with Gasteiger partial charge in [0.2, 0.25) is 0 Å². The van der Waals surface area contributed by atoms with E-state index in [1.807, 2.05) is 37.7 Å². The molecule has 0 aromatic carbocycles. The number of nitrogens with zero attached hydrogens (tertiary/aromatic N) is 1. The van der Waals surface area contributed by atoms with Gasteiger partial charge in [0.25, 0.3) is 0 Å². The largest absolute Gasteiger partial charge is 0.360 e. The molecule has 11 heavy (non-hydrogen) atoms. The molecule has 1 aromatic rings. The molecule has 0 fully saturated rings. The summed E-state index contributed by atoms with van der Waals surface area (Å²) in [5.74, 6) is 0. The molecule has 0 aliphatic carbocycles. The number of hydrogen-bond acceptors (Lipinski definition) is 1. The topological polar surface area (TPSA) is 32.6 Å². The van der Waals surface area contributed by atoms with Crippen molar-refractivity contribution in [1.82, 2.24) is 4.98 Å². The number of allylic oxidation sites excluding steroid dienone is 1. The predicted octanol–water partition coefficient (Wildman–Crippen LogP) is 0.353. The first-order chi connectivity index (χ1) is 5.38. The summed E-state index contributed by atoms with van der Waals surface area (Å²) in [5, 5.41) is 5.24. The minimum absolute atomic E-state index is 1.05. The first kappa shape index (κ1) is 6.37. The summed E-state index contributed by atoms with van der Waals surface area (Å²) >= 11 is 0. The van der Waals surface area contributed by atoms with Crippen molar-refractivity contribution in [3.8, 4) is 0 Å². The number of nitrogens with one attached hydrogen (secondary N) is 2. The van der Waals surface area contributed by atoms with Crippen LogP contribution in [0.5, 0.6) is 0 Å². The maximum Gasteiger partial charge on any atom is 0.182 e. The van der Waals surface area contributed by atoms with Crippen LogP contribution in [0.1, 0.15) is 5.69 Å². The van der Waals surface area contributed by atoms with Gasteiger partial charge in [-0.15, -0.1) is 5.01 Å². The molecule has 3 heteroatoms. The lowest BCUT2D eigenvalue weighted by Crippen LogP contribution is -2.96. The highest BCUT2D eigenvalue weighted by molar-refractivity contribution is 5.71. The van der Waals surface area contributed by atoms with E-state index in [0.29, 0.717) is 0 Å². The summed E-state index contributed by atoms with van der Waals surface area (Å²) in [6.45, 7) is 2.05. The normalized spacial score (nSPS) is 21.4. The van der Waals surface area contributed by atoms with Gasteiger partial charge in [-0.25, -0.2) is 0 Å². The second-order valence-electron chi connectivity index (χ2n) is 2.54. The third-order valence-electron chi connectivity index (χ3n) is 1.78. The zero-order chi connectivity index (χ0) is 7.68. The number of hydrogen-bond donors (Lipinski definition) is 2. The summed E-state index contributed by atoms with van der Waals surface area (Å²) in [6.07, 6.45) is 7.69. The Balaban J connectivity index is 2.36. The summed E-state index contributed by atoms with van der Waals surface area (Å²) in [7, 11) is 0. The average Bonchev–Trinajstić information content (AvgIpc) is 2.55. The second kappa shape index (κ2) is 2.36. The van der Waals surface area contributed by atoms with Crippen LogP contribution >= 0.6 is 0 Å². The van der Waals surface area contributed by atoms with E-state index in [0.717, 1.165) is 5.01 Å². The quantitative estimate of drug-likeness (QED) is 0.576. The molecule has 2 N–H and O–H groups in total. The molecule has 56 valence electrons. The number of quaternary nitrogens is 1. The molecule has 0 radical (unpaired) electrons. The Hall–Kier alpha value is -1.35. The summed E-state index contributed by atoms with van der Waals surface area (Å²) < 4.78 is 0. The van der Waals surface area contributed by atoms with Crippen molar-refractivity contribution in [2.24, 2.45) is 5.10 Å². The van der Waals surface area contributed by atoms with Gasteiger partial charge in [-0.1, -0.05) is 5.10 Å². The average molecular weight is 148 g/mol. The van der Waals surface area contributed by atoms with Gasteiger partial charge in [-0.2, -0.15) is 0 Å². The van der Waals surface area contributed by atoms with Crippen molar-refractivity contribution in [1.29, 1.82) is 0 Å². The van der Waals surface area contributed by atoms with Gasteiger partial charge in [0.05, 0.1) is 11.9 Å². The maximum absolute atomic E-state index is 4.20. The van der Waals surface area contributed by atoms with Gasteiger partial charge in [0.1, 0.15) is 6.20 Å². The molecule has 1 unspecified atom stereocenters. The first-order valence-electron chi connectivity index (χ1n) is 3.60. The van der Waals surface area contributed by atoms with Gasteiger partial charge in [0.15, 0.2) is 5.69 Å². The Morgan fingerprint density at radius 2 is 2.45 bits per heavy atom. The molecule has 3 nitrogen and oxygen atoms in total. The van der Waals surface area contributed by atoms with Crippen LogP contribution in [0.15, 0.2) is 29.6 Å². The van der Waals surface area contributed by atoms with Crippen LogP contribution in [0, 0.1) is 6.92 Å². The molecule has 2 rings (SSSR count). The fourth-order valence-corrected chi connectivity index (χ4v) is 1.19. The van der Waals surface area contributed by atoms with Crippen LogP contribution in [0.4, 0.5) is 5.69 Å². The van der Waals surface area contributed by atoms with Crippen LogP contribution in [0.2, 0.25) is 0 Å². The second-order valence-corrected chi connectivity index (χ2v) is 2.54. The molecule has 1 aliphatic heterocycles. The van der Waals surface area contributed by atoms with Crippen molar-refractivity contribution in [3.63, 3.8) is 0 Å². The molecule has 0 spiro atoms. The highest BCUT2D eigenvalue weighted by Gasteiger charge is 2.13. The number of H-pyrrole nitrogens is 1. The molecular weight excluding hydrogens is 138 g/mol. The fraction of sp³-hybridized carbons (Fsp3) is 0.125. The summed E-state index contributed by atoms with van der Waals surface area (Å²) in [5.41, 5.74) is 2.36. The lowest BCUT2D eigenvalue weighted by Gasteiger charge is -2.00. The third kappa shape index (κ3) is 0.991. The zero-order valence-electron chi connectivity index (χ0n) is 6.33. The molecule has 0 amide bonds. The van der Waals surface area contributed by atoms with Crippen LogP contribution in [-0.2, 0) is 0 Å². The van der Waals surface area contributed by atoms with E-state index in [1.165, 1.54) is 11.4 Å². The van der Waals surface area contributed by atoms with E-state index in [9.17, 15) is 0 Å². The molecule has 1 aliphatic rings. The minimum atomic E-state index is 1.05. The molecule has 0 bridgehead atoms. The van der Waals surface area contributed by atoms with Crippen LogP contribution < -0.4 is 5.01 Å². The molecular formula is C8H10N3+. The van der Waals surface area contributed by atoms with Gasteiger partial charge >= 0.3 is 0 Å². The molecule has 0 saturated carbocycles. The number of aromatic amines is 1. The number of aromatic nitrogens is 1. The summed E-state index contributed by atoms with van der Waals surface area (Å²) in [6, 6.07) is 2.04. The third-order valence-corrected chi connectivity index (χ3v) is 1.78. The van der Waals surface area contributed by atoms with E-state index < -0.39 is 0 Å². The molecule has 1 aromatic heterocycles. The molecule has 2 heterocycles. The molecule has 1 atom stereocenters. The zero-order valence-corrected chi connectivity index (χ0v) is 6.33. The van der Waals surface area contributed by atoms with Gasteiger partial charge < -0.3 is 4.98 Å². The van der Waals surface area contributed by atoms with Crippen molar-refractivity contribution < 1.29 is 5.01 Å². The lowest BCUT2D eigenvalue weighted by atomic mass is 10.4. The Labute approximate surface area is 65.0 Å². The van der Waals surface area contributed by atoms with E-state index in [1.54, 1.807) is 0 Å². The SMILES string of the molecule is Cc1[nH]ccc1[NH+]1C=CC=N1. The van der Waals surface area contributed by atoms with E-state index in [-0.39, 0.29) is 0 Å². The van der Waals surface area contributed by atoms with Gasteiger partial charge in [-0.3, -0.25) is 0 Å². The highest BCUT2D eigenvalue weighted by atomic mass is 15.5. The van der Waals surface area contributed by atoms with Crippen molar-refractivity contribution >= 4 is 11.9 Å². The predicted molar refractivity (Wildman–Crippen MR) is 43.8 cm³/mol. The Kier molecular flexibility index (Phi) is 1.36. The maximum atomic E-state index is 4.20. The molecule has 0 saturated heterocycles. The van der Waals surface area contributed by atoms with E-state index >= 15 is 0 Å². The van der Waals surface area contributed by atoms with Crippen LogP contribution in [-0.4, -0.2) is 11.2 Å². The monoisotopic (exact) mass is 148 g/mol. The standard InChI is InChI=1S/C8H9N3/c1-7-8(3-5-9-7)11-6-2-4-10-11/h2-6,9H,1H3/p+1. The summed E-state index contributed by atoms with van der Waals surface area (Å²) in [4.78, 5) is 3.12. The van der Waals surface area contributed by atoms with Crippen molar-refractivity contribution in [3.05, 3.63) is 30.2 Å². The van der Waals surface area contributed by atoms with Crippen molar-refractivity contribution in [2.45, 2.75) is 6.92 Å². The lowest BCUT2D eigenvalue weighted by molar-refractivity contribution is -0.779. The Morgan fingerprint density at radius 3 is 3.00 bits per heavy atom. The van der Waals surface area contributed by atoms with E-state index in [2.05, 4.69) is 10.1 Å². The van der Waals surface area contributed by atoms with Crippen LogP contribution in [0.3, 0.4) is 0 Å². The van der Waals surface area contributed by atoms with Gasteiger partial charge in [0, 0.05) is 18.3 Å². The Morgan fingerprint density at radius 1 is 1.55 bits per heavy atom. The first-order valence-corrected chi connectivity index (χ1v) is 3.60. The van der Waals surface area contributed by atoms with Crippen LogP contribution in [0.25, 0.3) is 0 Å².